The Bertz CT molecular complexity index is 513. The lowest BCUT2D eigenvalue weighted by atomic mass is 9.91. The molecule has 22 heavy (non-hydrogen) atoms. The second kappa shape index (κ2) is 6.82. The molecular weight excluding hydrogens is 319 g/mol. The van der Waals surface area contributed by atoms with Crippen LogP contribution in [0.15, 0.2) is 6.20 Å². The van der Waals surface area contributed by atoms with Crippen molar-refractivity contribution in [1.82, 2.24) is 15.2 Å². The minimum absolute atomic E-state index is 0.147. The van der Waals surface area contributed by atoms with Gasteiger partial charge in [0.1, 0.15) is 0 Å². The first-order valence-electron chi connectivity index (χ1n) is 6.96. The molecule has 2 amide bonds. The Morgan fingerprint density at radius 1 is 1.55 bits per heavy atom. The molecule has 1 aromatic rings. The molecule has 0 spiro atoms. The molecule has 0 saturated carbocycles. The summed E-state index contributed by atoms with van der Waals surface area (Å²) < 4.78 is 37.4. The summed E-state index contributed by atoms with van der Waals surface area (Å²) in [4.78, 5) is 18.4. The predicted octanol–water partition coefficient (Wildman–Crippen LogP) is 2.30. The van der Waals surface area contributed by atoms with Crippen LogP contribution in [0.2, 0.25) is 0 Å². The van der Waals surface area contributed by atoms with Crippen LogP contribution in [-0.2, 0) is 6.54 Å². The molecular formula is C13H18F3N3O2S. The lowest BCUT2D eigenvalue weighted by Crippen LogP contribution is -2.48. The molecule has 124 valence electrons. The number of nitrogens with zero attached hydrogens (tertiary/aromatic N) is 2. The fourth-order valence-electron chi connectivity index (χ4n) is 2.45. The van der Waals surface area contributed by atoms with E-state index in [4.69, 9.17) is 0 Å². The molecule has 2 heterocycles. The molecule has 1 unspecified atom stereocenters. The van der Waals surface area contributed by atoms with Crippen LogP contribution < -0.4 is 5.32 Å². The highest BCUT2D eigenvalue weighted by atomic mass is 32.1. The summed E-state index contributed by atoms with van der Waals surface area (Å²) in [7, 11) is 0. The smallest absolute Gasteiger partial charge is 0.383 e. The molecule has 1 fully saturated rings. The van der Waals surface area contributed by atoms with Crippen molar-refractivity contribution in [2.75, 3.05) is 13.1 Å². The summed E-state index contributed by atoms with van der Waals surface area (Å²) >= 11 is 1.48. The molecule has 0 aromatic carbocycles. The van der Waals surface area contributed by atoms with Gasteiger partial charge in [0.05, 0.1) is 11.6 Å². The predicted molar refractivity (Wildman–Crippen MR) is 75.4 cm³/mol. The van der Waals surface area contributed by atoms with E-state index in [0.29, 0.717) is 6.54 Å². The lowest BCUT2D eigenvalue weighted by Gasteiger charge is -2.34. The summed E-state index contributed by atoms with van der Waals surface area (Å²) in [5.41, 5.74) is 0. The van der Waals surface area contributed by atoms with Crippen molar-refractivity contribution in [3.05, 3.63) is 16.1 Å². The Kier molecular flexibility index (Phi) is 5.28. The fraction of sp³-hybridized carbons (Fsp3) is 0.692. The number of hydrogen-bond acceptors (Lipinski definition) is 4. The van der Waals surface area contributed by atoms with E-state index in [0.717, 1.165) is 9.88 Å². The number of carbonyl (C=O) groups excluding carboxylic acids is 1. The number of aliphatic hydroxyl groups is 1. The van der Waals surface area contributed by atoms with E-state index in [9.17, 15) is 23.1 Å². The highest BCUT2D eigenvalue weighted by Gasteiger charge is 2.44. The molecule has 1 atom stereocenters. The highest BCUT2D eigenvalue weighted by Crippen LogP contribution is 2.31. The third-order valence-electron chi connectivity index (χ3n) is 3.69. The summed E-state index contributed by atoms with van der Waals surface area (Å²) in [5, 5.41) is 12.9. The van der Waals surface area contributed by atoms with Crippen molar-refractivity contribution >= 4 is 17.4 Å². The van der Waals surface area contributed by atoms with Crippen molar-refractivity contribution < 1.29 is 23.1 Å². The van der Waals surface area contributed by atoms with Crippen LogP contribution in [0.1, 0.15) is 22.7 Å². The van der Waals surface area contributed by atoms with Crippen molar-refractivity contribution in [3.63, 3.8) is 0 Å². The molecule has 0 aliphatic carbocycles. The summed E-state index contributed by atoms with van der Waals surface area (Å²) in [6.07, 6.45) is -4.93. The van der Waals surface area contributed by atoms with Crippen LogP contribution in [-0.4, -0.2) is 46.4 Å². The molecule has 1 saturated heterocycles. The maximum absolute atomic E-state index is 12.5. The number of rotatable bonds is 3. The average Bonchev–Trinajstić information content (AvgIpc) is 2.89. The first kappa shape index (κ1) is 17.0. The number of likely N-dealkylation sites (tertiary alicyclic amines) is 1. The summed E-state index contributed by atoms with van der Waals surface area (Å²) in [5.74, 6) is -0.840. The van der Waals surface area contributed by atoms with Crippen LogP contribution in [0.25, 0.3) is 0 Å². The van der Waals surface area contributed by atoms with E-state index in [-0.39, 0.29) is 32.0 Å². The monoisotopic (exact) mass is 337 g/mol. The number of piperidine rings is 1. The Labute approximate surface area is 130 Å². The van der Waals surface area contributed by atoms with Gasteiger partial charge < -0.3 is 15.3 Å². The van der Waals surface area contributed by atoms with E-state index in [1.54, 1.807) is 6.20 Å². The number of urea groups is 1. The van der Waals surface area contributed by atoms with Crippen LogP contribution in [0.4, 0.5) is 18.0 Å². The third-order valence-corrected chi connectivity index (χ3v) is 4.60. The molecule has 1 aliphatic rings. The van der Waals surface area contributed by atoms with Gasteiger partial charge in [-0.2, -0.15) is 13.2 Å². The number of aryl methyl sites for hydroxylation is 1. The number of aliphatic hydroxyl groups excluding tert-OH is 1. The van der Waals surface area contributed by atoms with Gasteiger partial charge in [-0.25, -0.2) is 9.78 Å². The molecule has 1 aromatic heterocycles. The first-order chi connectivity index (χ1) is 10.3. The van der Waals surface area contributed by atoms with Gasteiger partial charge in [-0.3, -0.25) is 0 Å². The Morgan fingerprint density at radius 3 is 2.68 bits per heavy atom. The molecule has 2 N–H and O–H groups in total. The zero-order valence-corrected chi connectivity index (χ0v) is 12.9. The quantitative estimate of drug-likeness (QED) is 0.889. The van der Waals surface area contributed by atoms with E-state index in [2.05, 4.69) is 10.3 Å². The van der Waals surface area contributed by atoms with Gasteiger partial charge in [0.15, 0.2) is 6.10 Å². The lowest BCUT2D eigenvalue weighted by molar-refractivity contribution is -0.222. The van der Waals surface area contributed by atoms with Crippen molar-refractivity contribution in [2.24, 2.45) is 5.92 Å². The minimum atomic E-state index is -4.60. The van der Waals surface area contributed by atoms with Gasteiger partial charge in [0, 0.05) is 24.2 Å². The Hall–Kier alpha value is -1.35. The van der Waals surface area contributed by atoms with E-state index < -0.39 is 18.2 Å². The van der Waals surface area contributed by atoms with Crippen LogP contribution in [0.5, 0.6) is 0 Å². The van der Waals surface area contributed by atoms with Crippen molar-refractivity contribution in [1.29, 1.82) is 0 Å². The van der Waals surface area contributed by atoms with E-state index in [1.807, 2.05) is 6.92 Å². The van der Waals surface area contributed by atoms with Gasteiger partial charge in [-0.1, -0.05) is 0 Å². The van der Waals surface area contributed by atoms with Crippen LogP contribution in [0.3, 0.4) is 0 Å². The molecule has 0 bridgehead atoms. The molecule has 0 radical (unpaired) electrons. The number of thiazole rings is 1. The maximum Gasteiger partial charge on any atom is 0.414 e. The number of carbonyl (C=O) groups is 1. The van der Waals surface area contributed by atoms with Crippen molar-refractivity contribution in [2.45, 2.75) is 38.6 Å². The molecule has 2 rings (SSSR count). The second-order valence-corrected chi connectivity index (χ2v) is 6.63. The SMILES string of the molecule is Cc1ncc(CNC(=O)N2CCC(C(O)C(F)(F)F)CC2)s1. The van der Waals surface area contributed by atoms with Gasteiger partial charge in [-0.05, 0) is 25.7 Å². The van der Waals surface area contributed by atoms with E-state index in [1.165, 1.54) is 16.2 Å². The zero-order valence-electron chi connectivity index (χ0n) is 12.1. The van der Waals surface area contributed by atoms with E-state index >= 15 is 0 Å². The number of nitrogens with one attached hydrogen (secondary N) is 1. The van der Waals surface area contributed by atoms with Gasteiger partial charge >= 0.3 is 12.2 Å². The summed E-state index contributed by atoms with van der Waals surface area (Å²) in [6.45, 7) is 2.65. The average molecular weight is 337 g/mol. The number of halogens is 3. The first-order valence-corrected chi connectivity index (χ1v) is 7.78. The molecule has 9 heteroatoms. The Balaban J connectivity index is 1.77. The number of hydrogen-bond donors (Lipinski definition) is 2. The fourth-order valence-corrected chi connectivity index (χ4v) is 3.18. The third kappa shape index (κ3) is 4.33. The number of alkyl halides is 3. The van der Waals surface area contributed by atoms with Gasteiger partial charge in [0.2, 0.25) is 0 Å². The Morgan fingerprint density at radius 2 is 2.18 bits per heavy atom. The summed E-state index contributed by atoms with van der Waals surface area (Å²) in [6, 6.07) is -0.300. The zero-order chi connectivity index (χ0) is 16.3. The molecule has 1 aliphatic heterocycles. The van der Waals surface area contributed by atoms with Gasteiger partial charge in [-0.15, -0.1) is 11.3 Å². The van der Waals surface area contributed by atoms with Crippen LogP contribution >= 0.6 is 11.3 Å². The number of aromatic nitrogens is 1. The molecule has 5 nitrogen and oxygen atoms in total. The second-order valence-electron chi connectivity index (χ2n) is 5.32. The van der Waals surface area contributed by atoms with Crippen LogP contribution in [0, 0.1) is 12.8 Å². The standard InChI is InChI=1S/C13H18F3N3O2S/c1-8-17-6-10(22-8)7-18-12(21)19-4-2-9(3-5-19)11(20)13(14,15)16/h6,9,11,20H,2-5,7H2,1H3,(H,18,21). The van der Waals surface area contributed by atoms with Gasteiger partial charge in [0.25, 0.3) is 0 Å². The maximum atomic E-state index is 12.5. The van der Waals surface area contributed by atoms with Crippen molar-refractivity contribution in [3.8, 4) is 0 Å². The topological polar surface area (TPSA) is 65.5 Å². The normalized spacial score (nSPS) is 18.3. The largest absolute Gasteiger partial charge is 0.414 e. The minimum Gasteiger partial charge on any atom is -0.383 e. The number of amides is 2. The highest BCUT2D eigenvalue weighted by molar-refractivity contribution is 7.11.